The van der Waals surface area contributed by atoms with E-state index in [4.69, 9.17) is 4.74 Å². The zero-order chi connectivity index (χ0) is 13.7. The molecule has 2 aliphatic rings. The molecule has 2 fully saturated rings. The smallest absolute Gasteiger partial charge is 0.245 e. The van der Waals surface area contributed by atoms with E-state index < -0.39 is 6.04 Å². The van der Waals surface area contributed by atoms with Crippen LogP contribution in [0.15, 0.2) is 0 Å². The number of piperidine rings is 1. The topological polar surface area (TPSA) is 70.7 Å². The summed E-state index contributed by atoms with van der Waals surface area (Å²) in [5.74, 6) is -0.0822. The highest BCUT2D eigenvalue weighted by Gasteiger charge is 2.27. The fourth-order valence-electron chi connectivity index (χ4n) is 2.51. The summed E-state index contributed by atoms with van der Waals surface area (Å²) in [6.45, 7) is 5.01. The Morgan fingerprint density at radius 3 is 2.60 bits per heavy atom. The number of hydrogen-bond donors (Lipinski definition) is 2. The minimum Gasteiger partial charge on any atom is -0.378 e. The Morgan fingerprint density at radius 1 is 1.30 bits per heavy atom. The highest BCUT2D eigenvalue weighted by molar-refractivity contribution is 5.89. The van der Waals surface area contributed by atoms with Gasteiger partial charge in [-0.2, -0.15) is 0 Å². The number of carbonyl (C=O) groups excluding carboxylic acids is 2. The first kappa shape index (κ1) is 17.2. The molecule has 2 atom stereocenters. The van der Waals surface area contributed by atoms with E-state index in [1.54, 1.807) is 11.8 Å². The lowest BCUT2D eigenvalue weighted by Gasteiger charge is -2.30. The van der Waals surface area contributed by atoms with Crippen molar-refractivity contribution < 1.29 is 14.3 Å². The Labute approximate surface area is 126 Å². The van der Waals surface area contributed by atoms with Crippen molar-refractivity contribution in [3.63, 3.8) is 0 Å². The van der Waals surface area contributed by atoms with Gasteiger partial charge in [0, 0.05) is 13.1 Å². The fraction of sp³-hybridized carbons (Fsp3) is 0.846. The summed E-state index contributed by atoms with van der Waals surface area (Å²) in [7, 11) is 0. The highest BCUT2D eigenvalue weighted by atomic mass is 35.5. The van der Waals surface area contributed by atoms with Crippen molar-refractivity contribution in [2.75, 3.05) is 32.8 Å². The first-order valence-corrected chi connectivity index (χ1v) is 7.09. The van der Waals surface area contributed by atoms with Crippen molar-refractivity contribution in [1.82, 2.24) is 15.5 Å². The summed E-state index contributed by atoms with van der Waals surface area (Å²) in [5.41, 5.74) is 0. The van der Waals surface area contributed by atoms with E-state index in [0.29, 0.717) is 26.3 Å². The number of hydrogen-bond acceptors (Lipinski definition) is 4. The second-order valence-corrected chi connectivity index (χ2v) is 5.17. The molecule has 7 heteroatoms. The minimum absolute atomic E-state index is 0. The lowest BCUT2D eigenvalue weighted by molar-refractivity contribution is -0.139. The standard InChI is InChI=1S/C13H23N3O3.ClH/c1-10(13(18)16-6-8-19-9-7-16)15-12(17)11-4-2-3-5-14-11;/h10-11,14H,2-9H2,1H3,(H,15,17);1H/t10?,11-;/m0./s1. The second-order valence-electron chi connectivity index (χ2n) is 5.17. The Bertz CT molecular complexity index is 329. The highest BCUT2D eigenvalue weighted by Crippen LogP contribution is 2.07. The molecule has 2 N–H and O–H groups in total. The van der Waals surface area contributed by atoms with Crippen molar-refractivity contribution >= 4 is 24.2 Å². The summed E-state index contributed by atoms with van der Waals surface area (Å²) < 4.78 is 5.21. The van der Waals surface area contributed by atoms with Crippen LogP contribution >= 0.6 is 12.4 Å². The van der Waals surface area contributed by atoms with Gasteiger partial charge in [-0.05, 0) is 26.3 Å². The normalized spacial score (nSPS) is 24.4. The monoisotopic (exact) mass is 305 g/mol. The molecular weight excluding hydrogens is 282 g/mol. The van der Waals surface area contributed by atoms with Crippen LogP contribution in [0.25, 0.3) is 0 Å². The van der Waals surface area contributed by atoms with Crippen molar-refractivity contribution in [1.29, 1.82) is 0 Å². The number of amides is 2. The second kappa shape index (κ2) is 8.44. The SMILES string of the molecule is CC(NC(=O)[C@@H]1CCCCN1)C(=O)N1CCOCC1.Cl. The molecule has 20 heavy (non-hydrogen) atoms. The third-order valence-corrected chi connectivity index (χ3v) is 3.68. The zero-order valence-corrected chi connectivity index (χ0v) is 12.7. The zero-order valence-electron chi connectivity index (χ0n) is 11.9. The number of nitrogens with one attached hydrogen (secondary N) is 2. The summed E-state index contributed by atoms with van der Waals surface area (Å²) in [6, 6.07) is -0.608. The average Bonchev–Trinajstić information content (AvgIpc) is 2.48. The molecule has 0 radical (unpaired) electrons. The fourth-order valence-corrected chi connectivity index (χ4v) is 2.51. The molecule has 0 bridgehead atoms. The first-order chi connectivity index (χ1) is 9.18. The molecule has 116 valence electrons. The lowest BCUT2D eigenvalue weighted by atomic mass is 10.0. The Hall–Kier alpha value is -0.850. The summed E-state index contributed by atoms with van der Waals surface area (Å²) in [5, 5.41) is 6.00. The van der Waals surface area contributed by atoms with Crippen LogP contribution in [0, 0.1) is 0 Å². The number of morpholine rings is 1. The van der Waals surface area contributed by atoms with Crippen molar-refractivity contribution in [2.45, 2.75) is 38.3 Å². The third kappa shape index (κ3) is 4.61. The predicted octanol–water partition coefficient (Wildman–Crippen LogP) is -0.0862. The molecule has 2 heterocycles. The number of rotatable bonds is 3. The maximum absolute atomic E-state index is 12.2. The van der Waals surface area contributed by atoms with Gasteiger partial charge in [-0.25, -0.2) is 0 Å². The lowest BCUT2D eigenvalue weighted by Crippen LogP contribution is -2.54. The van der Waals surface area contributed by atoms with E-state index in [1.807, 2.05) is 0 Å². The first-order valence-electron chi connectivity index (χ1n) is 7.09. The van der Waals surface area contributed by atoms with Gasteiger partial charge in [-0.15, -0.1) is 12.4 Å². The average molecular weight is 306 g/mol. The van der Waals surface area contributed by atoms with Crippen LogP contribution in [-0.4, -0.2) is 61.6 Å². The molecule has 0 saturated carbocycles. The van der Waals surface area contributed by atoms with Crippen LogP contribution in [0.3, 0.4) is 0 Å². The van der Waals surface area contributed by atoms with Crippen molar-refractivity contribution in [3.8, 4) is 0 Å². The largest absolute Gasteiger partial charge is 0.378 e. The maximum atomic E-state index is 12.2. The van der Waals surface area contributed by atoms with Crippen LogP contribution in [0.2, 0.25) is 0 Å². The Balaban J connectivity index is 0.00000200. The molecule has 1 unspecified atom stereocenters. The minimum atomic E-state index is -0.464. The van der Waals surface area contributed by atoms with Gasteiger partial charge in [0.25, 0.3) is 0 Å². The number of nitrogens with zero attached hydrogens (tertiary/aromatic N) is 1. The van der Waals surface area contributed by atoms with E-state index in [9.17, 15) is 9.59 Å². The summed E-state index contributed by atoms with van der Waals surface area (Å²) in [6.07, 6.45) is 3.03. The Morgan fingerprint density at radius 2 is 2.00 bits per heavy atom. The molecule has 2 aliphatic heterocycles. The van der Waals surface area contributed by atoms with Crippen molar-refractivity contribution in [3.05, 3.63) is 0 Å². The van der Waals surface area contributed by atoms with Gasteiger partial charge < -0.3 is 20.3 Å². The van der Waals surface area contributed by atoms with Crippen LogP contribution in [0.4, 0.5) is 0 Å². The quantitative estimate of drug-likeness (QED) is 0.765. The van der Waals surface area contributed by atoms with Gasteiger partial charge in [-0.1, -0.05) is 6.42 Å². The molecule has 6 nitrogen and oxygen atoms in total. The van der Waals surface area contributed by atoms with E-state index in [1.165, 1.54) is 0 Å². The molecule has 0 spiro atoms. The van der Waals surface area contributed by atoms with E-state index >= 15 is 0 Å². The molecule has 2 rings (SSSR count). The van der Waals surface area contributed by atoms with Crippen LogP contribution < -0.4 is 10.6 Å². The number of halogens is 1. The molecule has 0 aromatic rings. The Kier molecular flexibility index (Phi) is 7.26. The third-order valence-electron chi connectivity index (χ3n) is 3.68. The van der Waals surface area contributed by atoms with E-state index in [-0.39, 0.29) is 30.3 Å². The summed E-state index contributed by atoms with van der Waals surface area (Å²) in [4.78, 5) is 25.9. The molecule has 2 amide bonds. The summed E-state index contributed by atoms with van der Waals surface area (Å²) >= 11 is 0. The van der Waals surface area contributed by atoms with Gasteiger partial charge in [0.15, 0.2) is 0 Å². The molecule has 0 aliphatic carbocycles. The maximum Gasteiger partial charge on any atom is 0.245 e. The molecular formula is C13H24ClN3O3. The van der Waals surface area contributed by atoms with Crippen LogP contribution in [0.1, 0.15) is 26.2 Å². The van der Waals surface area contributed by atoms with Crippen LogP contribution in [0.5, 0.6) is 0 Å². The van der Waals surface area contributed by atoms with Crippen molar-refractivity contribution in [2.24, 2.45) is 0 Å². The molecule has 0 aromatic carbocycles. The van der Waals surface area contributed by atoms with Gasteiger partial charge >= 0.3 is 0 Å². The number of ether oxygens (including phenoxy) is 1. The van der Waals surface area contributed by atoms with E-state index in [2.05, 4.69) is 10.6 Å². The molecule has 2 saturated heterocycles. The molecule has 0 aromatic heterocycles. The van der Waals surface area contributed by atoms with Gasteiger partial charge in [0.05, 0.1) is 19.3 Å². The van der Waals surface area contributed by atoms with Crippen LogP contribution in [-0.2, 0) is 14.3 Å². The van der Waals surface area contributed by atoms with Gasteiger partial charge in [-0.3, -0.25) is 9.59 Å². The van der Waals surface area contributed by atoms with Gasteiger partial charge in [0.1, 0.15) is 6.04 Å². The van der Waals surface area contributed by atoms with Gasteiger partial charge in [0.2, 0.25) is 11.8 Å². The predicted molar refractivity (Wildman–Crippen MR) is 77.9 cm³/mol. The number of carbonyl (C=O) groups is 2. The van der Waals surface area contributed by atoms with E-state index in [0.717, 1.165) is 25.8 Å².